The van der Waals surface area contributed by atoms with Gasteiger partial charge in [-0.3, -0.25) is 0 Å². The SMILES string of the molecule is O[C@H]1[C@H]2O[C@H]2[C@H](O)C[C@H]1O. The van der Waals surface area contributed by atoms with E-state index in [4.69, 9.17) is 20.1 Å². The highest BCUT2D eigenvalue weighted by molar-refractivity contribution is 5.03. The fraction of sp³-hybridized carbons (Fsp3) is 1.00. The number of aliphatic hydroxyl groups excluding tert-OH is 3. The Morgan fingerprint density at radius 2 is 1.70 bits per heavy atom. The van der Waals surface area contributed by atoms with E-state index >= 15 is 0 Å². The molecule has 5 atom stereocenters. The van der Waals surface area contributed by atoms with E-state index in [9.17, 15) is 0 Å². The van der Waals surface area contributed by atoms with Crippen molar-refractivity contribution in [3.05, 3.63) is 0 Å². The molecule has 3 N–H and O–H groups in total. The molecule has 1 aliphatic carbocycles. The molecule has 2 aliphatic rings. The molecule has 0 bridgehead atoms. The van der Waals surface area contributed by atoms with Crippen molar-refractivity contribution in [2.24, 2.45) is 0 Å². The smallest absolute Gasteiger partial charge is 0.115 e. The second kappa shape index (κ2) is 1.92. The van der Waals surface area contributed by atoms with Crippen LogP contribution in [0.5, 0.6) is 0 Å². The van der Waals surface area contributed by atoms with Gasteiger partial charge in [0.25, 0.3) is 0 Å². The summed E-state index contributed by atoms with van der Waals surface area (Å²) < 4.78 is 4.91. The molecule has 1 heterocycles. The number of fused-ring (bicyclic) bond motifs is 1. The minimum absolute atomic E-state index is 0.224. The Bertz CT molecular complexity index is 147. The maximum absolute atomic E-state index is 9.12. The summed E-state index contributed by atoms with van der Waals surface area (Å²) in [5.74, 6) is 0. The second-order valence-electron chi connectivity index (χ2n) is 2.93. The van der Waals surface area contributed by atoms with Crippen molar-refractivity contribution in [3.63, 3.8) is 0 Å². The monoisotopic (exact) mass is 146 g/mol. The summed E-state index contributed by atoms with van der Waals surface area (Å²) in [7, 11) is 0. The van der Waals surface area contributed by atoms with Crippen LogP contribution in [-0.4, -0.2) is 45.8 Å². The molecule has 4 nitrogen and oxygen atoms in total. The standard InChI is InChI=1S/C6H10O4/c7-2-1-3(8)5-6(10-5)4(2)9/h2-9H,1H2/t2-,3-,4-,5+,6-/m1/s1. The van der Waals surface area contributed by atoms with Crippen molar-refractivity contribution in [2.45, 2.75) is 36.9 Å². The van der Waals surface area contributed by atoms with Crippen LogP contribution in [0.25, 0.3) is 0 Å². The summed E-state index contributed by atoms with van der Waals surface area (Å²) in [6, 6.07) is 0. The molecule has 1 aliphatic heterocycles. The average Bonchev–Trinajstić information content (AvgIpc) is 2.61. The largest absolute Gasteiger partial charge is 0.390 e. The lowest BCUT2D eigenvalue weighted by molar-refractivity contribution is -0.0336. The Morgan fingerprint density at radius 3 is 2.40 bits per heavy atom. The molecule has 2 fully saturated rings. The lowest BCUT2D eigenvalue weighted by Crippen LogP contribution is -2.42. The maximum atomic E-state index is 9.12. The second-order valence-corrected chi connectivity index (χ2v) is 2.93. The van der Waals surface area contributed by atoms with Crippen molar-refractivity contribution in [1.82, 2.24) is 0 Å². The fourth-order valence-electron chi connectivity index (χ4n) is 1.46. The van der Waals surface area contributed by atoms with Gasteiger partial charge < -0.3 is 20.1 Å². The zero-order valence-electron chi connectivity index (χ0n) is 5.34. The number of ether oxygens (including phenoxy) is 1. The molecular weight excluding hydrogens is 136 g/mol. The molecule has 0 aromatic heterocycles. The topological polar surface area (TPSA) is 73.2 Å². The zero-order valence-corrected chi connectivity index (χ0v) is 5.34. The van der Waals surface area contributed by atoms with Gasteiger partial charge in [0.1, 0.15) is 18.3 Å². The van der Waals surface area contributed by atoms with Gasteiger partial charge in [-0.1, -0.05) is 0 Å². The van der Waals surface area contributed by atoms with E-state index in [0.29, 0.717) is 0 Å². The van der Waals surface area contributed by atoms with Gasteiger partial charge in [-0.05, 0) is 0 Å². The molecule has 1 saturated carbocycles. The third-order valence-corrected chi connectivity index (χ3v) is 2.15. The Labute approximate surface area is 58.0 Å². The van der Waals surface area contributed by atoms with Crippen LogP contribution in [0.15, 0.2) is 0 Å². The van der Waals surface area contributed by atoms with Gasteiger partial charge >= 0.3 is 0 Å². The normalized spacial score (nSPS) is 59.7. The highest BCUT2D eigenvalue weighted by Crippen LogP contribution is 2.36. The molecule has 0 unspecified atom stereocenters. The first-order chi connectivity index (χ1) is 4.70. The maximum Gasteiger partial charge on any atom is 0.115 e. The van der Waals surface area contributed by atoms with Crippen LogP contribution < -0.4 is 0 Å². The molecule has 0 spiro atoms. The fourth-order valence-corrected chi connectivity index (χ4v) is 1.46. The minimum Gasteiger partial charge on any atom is -0.390 e. The molecule has 2 rings (SSSR count). The summed E-state index contributed by atoms with van der Waals surface area (Å²) >= 11 is 0. The van der Waals surface area contributed by atoms with Crippen LogP contribution in [-0.2, 0) is 4.74 Å². The molecule has 10 heavy (non-hydrogen) atoms. The average molecular weight is 146 g/mol. The Balaban J connectivity index is 2.05. The van der Waals surface area contributed by atoms with Gasteiger partial charge in [-0.25, -0.2) is 0 Å². The molecule has 0 aromatic carbocycles. The highest BCUT2D eigenvalue weighted by atomic mass is 16.6. The van der Waals surface area contributed by atoms with Crippen LogP contribution in [0.4, 0.5) is 0 Å². The van der Waals surface area contributed by atoms with Crippen LogP contribution in [0, 0.1) is 0 Å². The van der Waals surface area contributed by atoms with Crippen molar-refractivity contribution in [1.29, 1.82) is 0 Å². The van der Waals surface area contributed by atoms with E-state index in [1.165, 1.54) is 0 Å². The van der Waals surface area contributed by atoms with Gasteiger partial charge in [0.05, 0.1) is 12.2 Å². The lowest BCUT2D eigenvalue weighted by Gasteiger charge is -2.22. The third-order valence-electron chi connectivity index (χ3n) is 2.15. The van der Waals surface area contributed by atoms with Crippen molar-refractivity contribution in [2.75, 3.05) is 0 Å². The zero-order chi connectivity index (χ0) is 7.30. The molecular formula is C6H10O4. The van der Waals surface area contributed by atoms with Crippen LogP contribution in [0.3, 0.4) is 0 Å². The van der Waals surface area contributed by atoms with Crippen molar-refractivity contribution >= 4 is 0 Å². The summed E-state index contributed by atoms with van der Waals surface area (Å²) in [5.41, 5.74) is 0. The van der Waals surface area contributed by atoms with Crippen molar-refractivity contribution < 1.29 is 20.1 Å². The van der Waals surface area contributed by atoms with E-state index in [-0.39, 0.29) is 18.6 Å². The van der Waals surface area contributed by atoms with E-state index in [0.717, 1.165) is 0 Å². The van der Waals surface area contributed by atoms with Gasteiger partial charge in [-0.15, -0.1) is 0 Å². The molecule has 0 radical (unpaired) electrons. The minimum atomic E-state index is -0.821. The first-order valence-electron chi connectivity index (χ1n) is 3.40. The van der Waals surface area contributed by atoms with Gasteiger partial charge in [0, 0.05) is 6.42 Å². The summed E-state index contributed by atoms with van der Waals surface area (Å²) in [5, 5.41) is 27.3. The predicted molar refractivity (Wildman–Crippen MR) is 31.3 cm³/mol. The quantitative estimate of drug-likeness (QED) is 0.354. The number of aliphatic hydroxyl groups is 3. The molecule has 4 heteroatoms. The molecule has 1 saturated heterocycles. The predicted octanol–water partition coefficient (Wildman–Crippen LogP) is -1.76. The van der Waals surface area contributed by atoms with Crippen LogP contribution in [0.1, 0.15) is 6.42 Å². The van der Waals surface area contributed by atoms with Gasteiger partial charge in [0.2, 0.25) is 0 Å². The van der Waals surface area contributed by atoms with E-state index in [1.807, 2.05) is 0 Å². The number of hydrogen-bond acceptors (Lipinski definition) is 4. The summed E-state index contributed by atoms with van der Waals surface area (Å²) in [6.07, 6.45) is -2.53. The molecule has 58 valence electrons. The number of hydrogen-bond donors (Lipinski definition) is 3. The number of epoxide rings is 1. The first kappa shape index (κ1) is 6.54. The Morgan fingerprint density at radius 1 is 1.00 bits per heavy atom. The van der Waals surface area contributed by atoms with E-state index < -0.39 is 18.3 Å². The molecule has 0 aromatic rings. The first-order valence-corrected chi connectivity index (χ1v) is 3.40. The van der Waals surface area contributed by atoms with Crippen molar-refractivity contribution in [3.8, 4) is 0 Å². The van der Waals surface area contributed by atoms with Crippen LogP contribution in [0.2, 0.25) is 0 Å². The van der Waals surface area contributed by atoms with E-state index in [2.05, 4.69) is 0 Å². The Hall–Kier alpha value is -0.160. The summed E-state index contributed by atoms with van der Waals surface area (Å²) in [4.78, 5) is 0. The molecule has 0 amide bonds. The summed E-state index contributed by atoms with van der Waals surface area (Å²) in [6.45, 7) is 0. The highest BCUT2D eigenvalue weighted by Gasteiger charge is 2.55. The van der Waals surface area contributed by atoms with Gasteiger partial charge in [0.15, 0.2) is 0 Å². The third kappa shape index (κ3) is 0.769. The van der Waals surface area contributed by atoms with Crippen LogP contribution >= 0.6 is 0 Å². The Kier molecular flexibility index (Phi) is 1.25. The van der Waals surface area contributed by atoms with E-state index in [1.54, 1.807) is 0 Å². The van der Waals surface area contributed by atoms with Gasteiger partial charge in [-0.2, -0.15) is 0 Å². The number of rotatable bonds is 0. The lowest BCUT2D eigenvalue weighted by atomic mass is 9.93.